The molecule has 3 heteroatoms. The topological polar surface area (TPSA) is 46.5 Å². The van der Waals surface area contributed by atoms with E-state index < -0.39 is 17.5 Å². The molecule has 3 nitrogen and oxygen atoms in total. The average Bonchev–Trinajstić information content (AvgIpc) is 2.03. The van der Waals surface area contributed by atoms with E-state index in [2.05, 4.69) is 4.74 Å². The molecule has 0 aromatic carbocycles. The Labute approximate surface area is 73.0 Å². The van der Waals surface area contributed by atoms with Crippen LogP contribution in [-0.4, -0.2) is 24.3 Å². The molecule has 0 saturated carbocycles. The standard InChI is InChI=1S/C9H16O3/c1-5-6-7(10)9(2,3)8(11)12-4/h5-7,10H,1-4H3/b6-5+/t7-/m0/s1. The van der Waals surface area contributed by atoms with Crippen molar-refractivity contribution in [2.24, 2.45) is 5.41 Å². The number of aliphatic hydroxyl groups excluding tert-OH is 1. The first-order valence-corrected chi connectivity index (χ1v) is 3.86. The zero-order valence-corrected chi connectivity index (χ0v) is 8.00. The lowest BCUT2D eigenvalue weighted by Crippen LogP contribution is -2.36. The zero-order valence-electron chi connectivity index (χ0n) is 8.00. The van der Waals surface area contributed by atoms with Crippen LogP contribution in [0.25, 0.3) is 0 Å². The largest absolute Gasteiger partial charge is 0.469 e. The summed E-state index contributed by atoms with van der Waals surface area (Å²) >= 11 is 0. The molecule has 12 heavy (non-hydrogen) atoms. The summed E-state index contributed by atoms with van der Waals surface area (Å²) in [5.41, 5.74) is -0.874. The van der Waals surface area contributed by atoms with Crippen molar-refractivity contribution < 1.29 is 14.6 Å². The summed E-state index contributed by atoms with van der Waals surface area (Å²) in [5, 5.41) is 9.49. The number of carbonyl (C=O) groups excluding carboxylic acids is 1. The van der Waals surface area contributed by atoms with Gasteiger partial charge in [0.05, 0.1) is 18.6 Å². The van der Waals surface area contributed by atoms with Crippen LogP contribution in [0.15, 0.2) is 12.2 Å². The Bertz CT molecular complexity index is 182. The van der Waals surface area contributed by atoms with Gasteiger partial charge < -0.3 is 9.84 Å². The van der Waals surface area contributed by atoms with Crippen LogP contribution in [0.2, 0.25) is 0 Å². The smallest absolute Gasteiger partial charge is 0.314 e. The van der Waals surface area contributed by atoms with Crippen molar-refractivity contribution in [3.8, 4) is 0 Å². The molecule has 0 saturated heterocycles. The van der Waals surface area contributed by atoms with Gasteiger partial charge in [-0.3, -0.25) is 4.79 Å². The van der Waals surface area contributed by atoms with Gasteiger partial charge in [-0.05, 0) is 20.8 Å². The van der Waals surface area contributed by atoms with Gasteiger partial charge in [-0.25, -0.2) is 0 Å². The minimum absolute atomic E-state index is 0.409. The predicted molar refractivity (Wildman–Crippen MR) is 46.6 cm³/mol. The second-order valence-electron chi connectivity index (χ2n) is 3.18. The molecule has 0 bridgehead atoms. The Balaban J connectivity index is 4.48. The number of aliphatic hydroxyl groups is 1. The van der Waals surface area contributed by atoms with Crippen molar-refractivity contribution >= 4 is 5.97 Å². The average molecular weight is 172 g/mol. The Kier molecular flexibility index (Phi) is 3.96. The Morgan fingerprint density at radius 3 is 2.42 bits per heavy atom. The van der Waals surface area contributed by atoms with Gasteiger partial charge in [0, 0.05) is 0 Å². The molecular weight excluding hydrogens is 156 g/mol. The van der Waals surface area contributed by atoms with E-state index in [1.807, 2.05) is 0 Å². The van der Waals surface area contributed by atoms with Crippen LogP contribution in [0, 0.1) is 5.41 Å². The van der Waals surface area contributed by atoms with Gasteiger partial charge in [0.1, 0.15) is 0 Å². The molecule has 0 radical (unpaired) electrons. The second-order valence-corrected chi connectivity index (χ2v) is 3.18. The molecule has 0 heterocycles. The van der Waals surface area contributed by atoms with E-state index in [1.165, 1.54) is 7.11 Å². The minimum atomic E-state index is -0.874. The molecule has 0 amide bonds. The lowest BCUT2D eigenvalue weighted by atomic mass is 9.86. The van der Waals surface area contributed by atoms with Crippen molar-refractivity contribution in [2.45, 2.75) is 26.9 Å². The number of carbonyl (C=O) groups is 1. The monoisotopic (exact) mass is 172 g/mol. The number of rotatable bonds is 3. The second kappa shape index (κ2) is 4.26. The maximum Gasteiger partial charge on any atom is 0.314 e. The molecule has 0 rings (SSSR count). The molecule has 70 valence electrons. The van der Waals surface area contributed by atoms with Crippen LogP contribution < -0.4 is 0 Å². The van der Waals surface area contributed by atoms with Crippen LogP contribution in [0.5, 0.6) is 0 Å². The Morgan fingerprint density at radius 2 is 2.08 bits per heavy atom. The summed E-state index contributed by atoms with van der Waals surface area (Å²) in [6.07, 6.45) is 2.47. The van der Waals surface area contributed by atoms with Crippen molar-refractivity contribution in [1.29, 1.82) is 0 Å². The summed E-state index contributed by atoms with van der Waals surface area (Å²) in [4.78, 5) is 11.1. The van der Waals surface area contributed by atoms with Crippen molar-refractivity contribution in [1.82, 2.24) is 0 Å². The molecule has 0 unspecified atom stereocenters. The van der Waals surface area contributed by atoms with E-state index in [0.717, 1.165) is 0 Å². The highest BCUT2D eigenvalue weighted by atomic mass is 16.5. The van der Waals surface area contributed by atoms with Crippen LogP contribution in [-0.2, 0) is 9.53 Å². The molecule has 0 aromatic rings. The first-order valence-electron chi connectivity index (χ1n) is 3.86. The summed E-state index contributed by atoms with van der Waals surface area (Å²) < 4.78 is 4.55. The summed E-state index contributed by atoms with van der Waals surface area (Å²) in [6, 6.07) is 0. The SMILES string of the molecule is C/C=C/[C@H](O)C(C)(C)C(=O)OC. The highest BCUT2D eigenvalue weighted by Crippen LogP contribution is 2.23. The van der Waals surface area contributed by atoms with Gasteiger partial charge in [-0.15, -0.1) is 0 Å². The van der Waals surface area contributed by atoms with Crippen molar-refractivity contribution in [2.75, 3.05) is 7.11 Å². The van der Waals surface area contributed by atoms with E-state index in [-0.39, 0.29) is 0 Å². The van der Waals surface area contributed by atoms with Gasteiger partial charge in [-0.1, -0.05) is 12.2 Å². The number of hydrogen-bond acceptors (Lipinski definition) is 3. The zero-order chi connectivity index (χ0) is 9.78. The molecule has 0 aliphatic carbocycles. The van der Waals surface area contributed by atoms with Crippen LogP contribution in [0.1, 0.15) is 20.8 Å². The minimum Gasteiger partial charge on any atom is -0.469 e. The quantitative estimate of drug-likeness (QED) is 0.512. The first kappa shape index (κ1) is 11.2. The maximum atomic E-state index is 11.1. The molecule has 0 fully saturated rings. The highest BCUT2D eigenvalue weighted by Gasteiger charge is 2.35. The molecule has 0 aliphatic heterocycles. The summed E-state index contributed by atoms with van der Waals surface area (Å²) in [7, 11) is 1.31. The number of allylic oxidation sites excluding steroid dienone is 1. The Hall–Kier alpha value is -0.830. The molecule has 1 N–H and O–H groups in total. The highest BCUT2D eigenvalue weighted by molar-refractivity contribution is 5.76. The third kappa shape index (κ3) is 2.34. The third-order valence-electron chi connectivity index (χ3n) is 1.83. The fourth-order valence-corrected chi connectivity index (χ4v) is 0.807. The number of hydrogen-bond donors (Lipinski definition) is 1. The summed E-state index contributed by atoms with van der Waals surface area (Å²) in [6.45, 7) is 5.07. The number of esters is 1. The van der Waals surface area contributed by atoms with Crippen molar-refractivity contribution in [3.63, 3.8) is 0 Å². The van der Waals surface area contributed by atoms with E-state index in [1.54, 1.807) is 32.9 Å². The number of methoxy groups -OCH3 is 1. The van der Waals surface area contributed by atoms with Crippen LogP contribution >= 0.6 is 0 Å². The lowest BCUT2D eigenvalue weighted by molar-refractivity contribution is -0.155. The maximum absolute atomic E-state index is 11.1. The van der Waals surface area contributed by atoms with Gasteiger partial charge in [0.25, 0.3) is 0 Å². The lowest BCUT2D eigenvalue weighted by Gasteiger charge is -2.24. The number of ether oxygens (including phenoxy) is 1. The molecule has 0 aliphatic rings. The first-order chi connectivity index (χ1) is 5.46. The molecular formula is C9H16O3. The van der Waals surface area contributed by atoms with E-state index >= 15 is 0 Å². The fourth-order valence-electron chi connectivity index (χ4n) is 0.807. The normalized spacial score (nSPS) is 14.8. The van der Waals surface area contributed by atoms with Gasteiger partial charge in [-0.2, -0.15) is 0 Å². The summed E-state index contributed by atoms with van der Waals surface area (Å²) in [5.74, 6) is -0.409. The molecule has 0 aromatic heterocycles. The Morgan fingerprint density at radius 1 is 1.58 bits per heavy atom. The van der Waals surface area contributed by atoms with E-state index in [0.29, 0.717) is 0 Å². The van der Waals surface area contributed by atoms with Crippen LogP contribution in [0.3, 0.4) is 0 Å². The van der Waals surface area contributed by atoms with E-state index in [9.17, 15) is 9.90 Å². The van der Waals surface area contributed by atoms with Crippen molar-refractivity contribution in [3.05, 3.63) is 12.2 Å². The third-order valence-corrected chi connectivity index (χ3v) is 1.83. The molecule has 0 spiro atoms. The van der Waals surface area contributed by atoms with Gasteiger partial charge in [0.15, 0.2) is 0 Å². The van der Waals surface area contributed by atoms with Gasteiger partial charge in [0.2, 0.25) is 0 Å². The van der Waals surface area contributed by atoms with Gasteiger partial charge >= 0.3 is 5.97 Å². The van der Waals surface area contributed by atoms with E-state index in [4.69, 9.17) is 0 Å². The van der Waals surface area contributed by atoms with Crippen LogP contribution in [0.4, 0.5) is 0 Å². The fraction of sp³-hybridized carbons (Fsp3) is 0.667. The molecule has 1 atom stereocenters. The predicted octanol–water partition coefficient (Wildman–Crippen LogP) is 1.12.